The molecule has 0 aromatic heterocycles. The first-order valence-electron chi connectivity index (χ1n) is 7.22. The van der Waals surface area contributed by atoms with Crippen LogP contribution in [0.15, 0.2) is 12.2 Å². The molecule has 1 saturated heterocycles. The molecule has 1 heterocycles. The van der Waals surface area contributed by atoms with Gasteiger partial charge in [-0.3, -0.25) is 9.59 Å². The summed E-state index contributed by atoms with van der Waals surface area (Å²) < 4.78 is 15.1. The number of rotatable bonds is 5. The van der Waals surface area contributed by atoms with Gasteiger partial charge in [-0.15, -0.1) is 0 Å². The summed E-state index contributed by atoms with van der Waals surface area (Å²) in [5.74, 6) is -3.84. The van der Waals surface area contributed by atoms with Crippen LogP contribution >= 0.6 is 0 Å². The summed E-state index contributed by atoms with van der Waals surface area (Å²) in [4.78, 5) is 46.6. The van der Waals surface area contributed by atoms with Gasteiger partial charge < -0.3 is 19.3 Å². The molecule has 0 aromatic rings. The van der Waals surface area contributed by atoms with Crippen LogP contribution in [-0.4, -0.2) is 47.8 Å². The zero-order chi connectivity index (χ0) is 16.9. The van der Waals surface area contributed by atoms with Gasteiger partial charge in [0.25, 0.3) is 0 Å². The minimum absolute atomic E-state index is 0.103. The molecule has 0 amide bonds. The second-order valence-electron chi connectivity index (χ2n) is 6.31. The van der Waals surface area contributed by atoms with Crippen LogP contribution in [0, 0.1) is 17.3 Å². The first-order valence-corrected chi connectivity index (χ1v) is 7.22. The SMILES string of the molecule is C=C(C)C(=O)OCC(=O)OC1C2OC(=O)C3CC1(C(=O)O)CC32. The topological polar surface area (TPSA) is 116 Å². The van der Waals surface area contributed by atoms with Gasteiger partial charge in [-0.1, -0.05) is 6.58 Å². The lowest BCUT2D eigenvalue weighted by Gasteiger charge is -2.32. The molecule has 1 aliphatic heterocycles. The molecule has 5 unspecified atom stereocenters. The highest BCUT2D eigenvalue weighted by molar-refractivity contribution is 5.89. The standard InChI is InChI=1S/C15H16O8/c1-6(2)12(17)21-5-9(16)22-11-10-7-3-15(11,14(19)20)4-8(7)13(18)23-10/h7-8,10-11H,1,3-5H2,2H3,(H,19,20). The number of fused-ring (bicyclic) bond motifs is 1. The number of hydrogen-bond acceptors (Lipinski definition) is 7. The highest BCUT2D eigenvalue weighted by Crippen LogP contribution is 2.62. The largest absolute Gasteiger partial charge is 0.481 e. The number of ether oxygens (including phenoxy) is 3. The maximum absolute atomic E-state index is 11.9. The highest BCUT2D eigenvalue weighted by atomic mass is 16.6. The van der Waals surface area contributed by atoms with E-state index in [1.54, 1.807) is 0 Å². The lowest BCUT2D eigenvalue weighted by atomic mass is 9.78. The summed E-state index contributed by atoms with van der Waals surface area (Å²) in [5.41, 5.74) is -1.17. The Morgan fingerprint density at radius 3 is 2.70 bits per heavy atom. The zero-order valence-corrected chi connectivity index (χ0v) is 12.4. The lowest BCUT2D eigenvalue weighted by Crippen LogP contribution is -2.47. The van der Waals surface area contributed by atoms with E-state index in [0.717, 1.165) is 0 Å². The Morgan fingerprint density at radius 1 is 1.39 bits per heavy atom. The van der Waals surface area contributed by atoms with Gasteiger partial charge in [-0.2, -0.15) is 0 Å². The number of hydrogen-bond donors (Lipinski definition) is 1. The molecule has 3 aliphatic rings. The van der Waals surface area contributed by atoms with E-state index in [9.17, 15) is 24.3 Å². The van der Waals surface area contributed by atoms with E-state index in [2.05, 4.69) is 11.3 Å². The summed E-state index contributed by atoms with van der Waals surface area (Å²) in [6.07, 6.45) is -1.44. The molecule has 2 bridgehead atoms. The third kappa shape index (κ3) is 2.20. The van der Waals surface area contributed by atoms with Crippen molar-refractivity contribution in [3.63, 3.8) is 0 Å². The van der Waals surface area contributed by atoms with Gasteiger partial charge in [0, 0.05) is 11.5 Å². The zero-order valence-electron chi connectivity index (χ0n) is 12.4. The number of esters is 3. The van der Waals surface area contributed by atoms with Crippen LogP contribution in [0.5, 0.6) is 0 Å². The molecule has 3 fully saturated rings. The van der Waals surface area contributed by atoms with Crippen molar-refractivity contribution in [1.29, 1.82) is 0 Å². The van der Waals surface area contributed by atoms with Gasteiger partial charge in [0.15, 0.2) is 12.7 Å². The van der Waals surface area contributed by atoms with Crippen molar-refractivity contribution in [3.8, 4) is 0 Å². The van der Waals surface area contributed by atoms with E-state index in [-0.39, 0.29) is 24.3 Å². The van der Waals surface area contributed by atoms with Crippen molar-refractivity contribution in [2.75, 3.05) is 6.61 Å². The predicted molar refractivity (Wildman–Crippen MR) is 71.8 cm³/mol. The maximum atomic E-state index is 11.9. The lowest BCUT2D eigenvalue weighted by molar-refractivity contribution is -0.179. The summed E-state index contributed by atoms with van der Waals surface area (Å²) in [6, 6.07) is 0. The molecule has 5 atom stereocenters. The van der Waals surface area contributed by atoms with Gasteiger partial charge in [0.2, 0.25) is 0 Å². The molecule has 23 heavy (non-hydrogen) atoms. The van der Waals surface area contributed by atoms with Gasteiger partial charge in [-0.25, -0.2) is 9.59 Å². The molecule has 8 heteroatoms. The number of carboxylic acids is 1. The molecule has 124 valence electrons. The molecule has 0 aromatic carbocycles. The Morgan fingerprint density at radius 2 is 2.09 bits per heavy atom. The monoisotopic (exact) mass is 324 g/mol. The fraction of sp³-hybridized carbons (Fsp3) is 0.600. The van der Waals surface area contributed by atoms with Crippen LogP contribution < -0.4 is 0 Å². The Hall–Kier alpha value is -2.38. The van der Waals surface area contributed by atoms with Crippen molar-refractivity contribution in [2.24, 2.45) is 17.3 Å². The fourth-order valence-corrected chi connectivity index (χ4v) is 3.83. The van der Waals surface area contributed by atoms with E-state index in [0.29, 0.717) is 0 Å². The van der Waals surface area contributed by atoms with Crippen molar-refractivity contribution in [1.82, 2.24) is 0 Å². The summed E-state index contributed by atoms with van der Waals surface area (Å²) in [6.45, 7) is 4.16. The molecule has 0 spiro atoms. The molecular weight excluding hydrogens is 308 g/mol. The second-order valence-corrected chi connectivity index (χ2v) is 6.31. The quantitative estimate of drug-likeness (QED) is 0.428. The fourth-order valence-electron chi connectivity index (χ4n) is 3.83. The molecule has 3 rings (SSSR count). The summed E-state index contributed by atoms with van der Waals surface area (Å²) >= 11 is 0. The molecule has 2 aliphatic carbocycles. The van der Waals surface area contributed by atoms with Crippen LogP contribution in [0.1, 0.15) is 19.8 Å². The Bertz CT molecular complexity index is 623. The van der Waals surface area contributed by atoms with Gasteiger partial charge >= 0.3 is 23.9 Å². The number of carboxylic acid groups (broad SMARTS) is 1. The van der Waals surface area contributed by atoms with Crippen molar-refractivity contribution < 1.29 is 38.5 Å². The highest BCUT2D eigenvalue weighted by Gasteiger charge is 2.73. The van der Waals surface area contributed by atoms with Crippen LogP contribution in [0.25, 0.3) is 0 Å². The minimum atomic E-state index is -1.31. The van der Waals surface area contributed by atoms with Crippen LogP contribution in [0.4, 0.5) is 0 Å². The third-order valence-electron chi connectivity index (χ3n) is 4.87. The smallest absolute Gasteiger partial charge is 0.344 e. The van der Waals surface area contributed by atoms with Gasteiger partial charge in [-0.05, 0) is 19.8 Å². The minimum Gasteiger partial charge on any atom is -0.481 e. The van der Waals surface area contributed by atoms with Crippen molar-refractivity contribution >= 4 is 23.9 Å². The molecule has 2 saturated carbocycles. The number of carbonyl (C=O) groups is 4. The first kappa shape index (κ1) is 15.5. The molecule has 1 N–H and O–H groups in total. The van der Waals surface area contributed by atoms with Crippen LogP contribution in [-0.2, 0) is 33.4 Å². The first-order chi connectivity index (χ1) is 10.8. The van der Waals surface area contributed by atoms with Crippen molar-refractivity contribution in [3.05, 3.63) is 12.2 Å². The average Bonchev–Trinajstić information content (AvgIpc) is 3.06. The van der Waals surface area contributed by atoms with Gasteiger partial charge in [0.1, 0.15) is 11.5 Å². The predicted octanol–water partition coefficient (Wildman–Crippen LogP) is 0.0537. The Balaban J connectivity index is 1.71. The Kier molecular flexibility index (Phi) is 3.42. The maximum Gasteiger partial charge on any atom is 0.344 e. The number of aliphatic carboxylic acids is 1. The van der Waals surface area contributed by atoms with Crippen molar-refractivity contribution in [2.45, 2.75) is 32.0 Å². The van der Waals surface area contributed by atoms with E-state index in [1.807, 2.05) is 0 Å². The van der Waals surface area contributed by atoms with Crippen LogP contribution in [0.3, 0.4) is 0 Å². The number of carbonyl (C=O) groups excluding carboxylic acids is 3. The van der Waals surface area contributed by atoms with E-state index < -0.39 is 54.0 Å². The summed E-state index contributed by atoms with van der Waals surface area (Å²) in [7, 11) is 0. The second kappa shape index (κ2) is 5.07. The Labute approximate surface area is 131 Å². The van der Waals surface area contributed by atoms with Gasteiger partial charge in [0.05, 0.1) is 5.92 Å². The molecular formula is C15H16O8. The van der Waals surface area contributed by atoms with Crippen LogP contribution in [0.2, 0.25) is 0 Å². The van der Waals surface area contributed by atoms with E-state index in [4.69, 9.17) is 9.47 Å². The van der Waals surface area contributed by atoms with E-state index >= 15 is 0 Å². The van der Waals surface area contributed by atoms with E-state index in [1.165, 1.54) is 6.92 Å². The normalized spacial score (nSPS) is 36.5. The third-order valence-corrected chi connectivity index (χ3v) is 4.87. The molecule has 0 radical (unpaired) electrons. The average molecular weight is 324 g/mol. The molecule has 8 nitrogen and oxygen atoms in total. The summed E-state index contributed by atoms with van der Waals surface area (Å²) in [5, 5.41) is 9.56.